The van der Waals surface area contributed by atoms with Gasteiger partial charge in [0.05, 0.1) is 11.9 Å². The maximum atomic E-state index is 12.7. The summed E-state index contributed by atoms with van der Waals surface area (Å²) >= 11 is 0. The van der Waals surface area contributed by atoms with Crippen LogP contribution in [0, 0.1) is 5.92 Å². The predicted molar refractivity (Wildman–Crippen MR) is 102 cm³/mol. The third-order valence-electron chi connectivity index (χ3n) is 4.42. The van der Waals surface area contributed by atoms with Crippen LogP contribution in [-0.4, -0.2) is 34.3 Å². The van der Waals surface area contributed by atoms with Crippen LogP contribution in [0.25, 0.3) is 0 Å². The van der Waals surface area contributed by atoms with Gasteiger partial charge in [-0.05, 0) is 36.6 Å². The summed E-state index contributed by atoms with van der Waals surface area (Å²) in [6.07, 6.45) is 2.96. The van der Waals surface area contributed by atoms with Crippen LogP contribution in [0.2, 0.25) is 0 Å². The molecule has 0 bridgehead atoms. The number of hydrogen-bond donors (Lipinski definition) is 2. The lowest BCUT2D eigenvalue weighted by Gasteiger charge is -2.29. The highest BCUT2D eigenvalue weighted by atomic mass is 16.2. The fraction of sp³-hybridized carbons (Fsp3) is 0.350. The summed E-state index contributed by atoms with van der Waals surface area (Å²) in [6, 6.07) is 12.9. The SMILES string of the molecule is CC(C)C(C(=O)Nc1ccc(Nc2ccccc2)nc1)N1CCCC1=O. The first-order chi connectivity index (χ1) is 12.5. The average molecular weight is 352 g/mol. The van der Waals surface area contributed by atoms with Gasteiger partial charge < -0.3 is 15.5 Å². The lowest BCUT2D eigenvalue weighted by atomic mass is 10.0. The minimum Gasteiger partial charge on any atom is -0.340 e. The quantitative estimate of drug-likeness (QED) is 0.835. The molecule has 1 saturated heterocycles. The Morgan fingerprint density at radius 3 is 2.46 bits per heavy atom. The van der Waals surface area contributed by atoms with Gasteiger partial charge in [0.15, 0.2) is 0 Å². The van der Waals surface area contributed by atoms with Crippen molar-refractivity contribution in [2.45, 2.75) is 32.7 Å². The van der Waals surface area contributed by atoms with Gasteiger partial charge in [-0.2, -0.15) is 0 Å². The zero-order valence-electron chi connectivity index (χ0n) is 15.1. The highest BCUT2D eigenvalue weighted by molar-refractivity contribution is 5.97. The third kappa shape index (κ3) is 4.20. The summed E-state index contributed by atoms with van der Waals surface area (Å²) in [4.78, 5) is 30.8. The molecule has 3 rings (SSSR count). The number of carbonyl (C=O) groups is 2. The number of likely N-dealkylation sites (tertiary alicyclic amines) is 1. The average Bonchev–Trinajstić information content (AvgIpc) is 3.03. The Kier molecular flexibility index (Phi) is 5.51. The lowest BCUT2D eigenvalue weighted by molar-refractivity contribution is -0.136. The lowest BCUT2D eigenvalue weighted by Crippen LogP contribution is -2.47. The molecule has 1 aromatic carbocycles. The number of amides is 2. The van der Waals surface area contributed by atoms with E-state index in [9.17, 15) is 9.59 Å². The number of anilines is 3. The van der Waals surface area contributed by atoms with E-state index in [1.54, 1.807) is 17.2 Å². The second-order valence-corrected chi connectivity index (χ2v) is 6.79. The number of nitrogens with zero attached hydrogens (tertiary/aromatic N) is 2. The van der Waals surface area contributed by atoms with Gasteiger partial charge in [-0.1, -0.05) is 32.0 Å². The molecule has 6 heteroatoms. The van der Waals surface area contributed by atoms with E-state index in [1.165, 1.54) is 0 Å². The standard InChI is InChI=1S/C20H24N4O2/c1-14(2)19(24-12-6-9-18(24)25)20(26)23-16-10-11-17(21-13-16)22-15-7-4-3-5-8-15/h3-5,7-8,10-11,13-14,19H,6,9,12H2,1-2H3,(H,21,22)(H,23,26). The number of nitrogens with one attached hydrogen (secondary N) is 2. The molecule has 0 saturated carbocycles. The van der Waals surface area contributed by atoms with Crippen molar-refractivity contribution >= 4 is 29.0 Å². The van der Waals surface area contributed by atoms with E-state index in [1.807, 2.05) is 50.2 Å². The van der Waals surface area contributed by atoms with Crippen LogP contribution in [0.5, 0.6) is 0 Å². The van der Waals surface area contributed by atoms with Crippen molar-refractivity contribution in [1.82, 2.24) is 9.88 Å². The molecule has 26 heavy (non-hydrogen) atoms. The summed E-state index contributed by atoms with van der Waals surface area (Å²) < 4.78 is 0. The second kappa shape index (κ2) is 7.99. The van der Waals surface area contributed by atoms with E-state index in [4.69, 9.17) is 0 Å². The van der Waals surface area contributed by atoms with Crippen molar-refractivity contribution in [3.63, 3.8) is 0 Å². The number of hydrogen-bond acceptors (Lipinski definition) is 4. The molecule has 1 aliphatic rings. The number of aromatic nitrogens is 1. The van der Waals surface area contributed by atoms with Crippen LogP contribution in [0.15, 0.2) is 48.7 Å². The topological polar surface area (TPSA) is 74.3 Å². The van der Waals surface area contributed by atoms with Gasteiger partial charge >= 0.3 is 0 Å². The maximum Gasteiger partial charge on any atom is 0.247 e. The molecule has 2 heterocycles. The van der Waals surface area contributed by atoms with Crippen LogP contribution >= 0.6 is 0 Å². The van der Waals surface area contributed by atoms with E-state index in [0.29, 0.717) is 24.5 Å². The third-order valence-corrected chi connectivity index (χ3v) is 4.42. The highest BCUT2D eigenvalue weighted by Gasteiger charge is 2.34. The van der Waals surface area contributed by atoms with Gasteiger partial charge in [-0.3, -0.25) is 9.59 Å². The van der Waals surface area contributed by atoms with Gasteiger partial charge in [0.2, 0.25) is 11.8 Å². The molecular formula is C20H24N4O2. The predicted octanol–water partition coefficient (Wildman–Crippen LogP) is 3.41. The molecule has 136 valence electrons. The summed E-state index contributed by atoms with van der Waals surface area (Å²) in [5.74, 6) is 0.633. The molecule has 0 spiro atoms. The number of pyridine rings is 1. The maximum absolute atomic E-state index is 12.7. The Hall–Kier alpha value is -2.89. The zero-order chi connectivity index (χ0) is 18.5. The summed E-state index contributed by atoms with van der Waals surface area (Å²) in [5.41, 5.74) is 1.56. The molecule has 2 N–H and O–H groups in total. The van der Waals surface area contributed by atoms with Gasteiger partial charge in [0, 0.05) is 18.7 Å². The largest absolute Gasteiger partial charge is 0.340 e. The van der Waals surface area contributed by atoms with E-state index in [0.717, 1.165) is 12.1 Å². The van der Waals surface area contributed by atoms with Gasteiger partial charge in [0.1, 0.15) is 11.9 Å². The Labute approximate surface area is 153 Å². The van der Waals surface area contributed by atoms with Crippen LogP contribution in [0.4, 0.5) is 17.2 Å². The molecule has 2 amide bonds. The van der Waals surface area contributed by atoms with Crippen molar-refractivity contribution in [1.29, 1.82) is 0 Å². The molecule has 1 aliphatic heterocycles. The van der Waals surface area contributed by atoms with Gasteiger partial charge in [0.25, 0.3) is 0 Å². The Morgan fingerprint density at radius 2 is 1.88 bits per heavy atom. The Morgan fingerprint density at radius 1 is 1.12 bits per heavy atom. The summed E-state index contributed by atoms with van der Waals surface area (Å²) in [7, 11) is 0. The van der Waals surface area contributed by atoms with Crippen molar-refractivity contribution in [2.75, 3.05) is 17.2 Å². The van der Waals surface area contributed by atoms with E-state index in [2.05, 4.69) is 15.6 Å². The smallest absolute Gasteiger partial charge is 0.247 e. The fourth-order valence-electron chi connectivity index (χ4n) is 3.19. The van der Waals surface area contributed by atoms with Crippen LogP contribution in [-0.2, 0) is 9.59 Å². The van der Waals surface area contributed by atoms with Crippen LogP contribution < -0.4 is 10.6 Å². The van der Waals surface area contributed by atoms with E-state index in [-0.39, 0.29) is 17.7 Å². The normalized spacial score (nSPS) is 15.2. The molecule has 0 aliphatic carbocycles. The van der Waals surface area contributed by atoms with Crippen molar-refractivity contribution in [3.8, 4) is 0 Å². The molecule has 1 atom stereocenters. The van der Waals surface area contributed by atoms with Crippen molar-refractivity contribution < 1.29 is 9.59 Å². The Balaban J connectivity index is 1.65. The molecule has 1 aromatic heterocycles. The molecule has 0 radical (unpaired) electrons. The van der Waals surface area contributed by atoms with Crippen molar-refractivity contribution in [2.24, 2.45) is 5.92 Å². The molecule has 6 nitrogen and oxygen atoms in total. The Bertz CT molecular complexity index is 759. The zero-order valence-corrected chi connectivity index (χ0v) is 15.1. The minimum atomic E-state index is -0.452. The monoisotopic (exact) mass is 352 g/mol. The first-order valence-electron chi connectivity index (χ1n) is 8.93. The number of benzene rings is 1. The molecule has 1 unspecified atom stereocenters. The number of carbonyl (C=O) groups excluding carboxylic acids is 2. The minimum absolute atomic E-state index is 0.0454. The number of para-hydroxylation sites is 1. The van der Waals surface area contributed by atoms with Crippen LogP contribution in [0.1, 0.15) is 26.7 Å². The first kappa shape index (κ1) is 17.9. The van der Waals surface area contributed by atoms with Crippen molar-refractivity contribution in [3.05, 3.63) is 48.7 Å². The highest BCUT2D eigenvalue weighted by Crippen LogP contribution is 2.21. The molecule has 2 aromatic rings. The molecule has 1 fully saturated rings. The van der Waals surface area contributed by atoms with E-state index >= 15 is 0 Å². The fourth-order valence-corrected chi connectivity index (χ4v) is 3.19. The van der Waals surface area contributed by atoms with Gasteiger partial charge in [-0.25, -0.2) is 4.98 Å². The summed E-state index contributed by atoms with van der Waals surface area (Å²) in [5, 5.41) is 6.09. The van der Waals surface area contributed by atoms with E-state index < -0.39 is 6.04 Å². The number of rotatable bonds is 6. The summed E-state index contributed by atoms with van der Waals surface area (Å²) in [6.45, 7) is 4.56. The first-order valence-corrected chi connectivity index (χ1v) is 8.93. The molecular weight excluding hydrogens is 328 g/mol. The van der Waals surface area contributed by atoms with Crippen LogP contribution in [0.3, 0.4) is 0 Å². The van der Waals surface area contributed by atoms with Gasteiger partial charge in [-0.15, -0.1) is 0 Å². The second-order valence-electron chi connectivity index (χ2n) is 6.79.